The topological polar surface area (TPSA) is 49.4 Å². The molecular formula is C21H20N2O2S2. The molecule has 0 saturated carbocycles. The fourth-order valence-electron chi connectivity index (χ4n) is 3.59. The molecule has 3 aromatic rings. The Balaban J connectivity index is 1.55. The van der Waals surface area contributed by atoms with E-state index in [0.29, 0.717) is 17.8 Å². The summed E-state index contributed by atoms with van der Waals surface area (Å²) < 4.78 is 0. The summed E-state index contributed by atoms with van der Waals surface area (Å²) in [4.78, 5) is 29.5. The summed E-state index contributed by atoms with van der Waals surface area (Å²) >= 11 is 3.52. The Bertz CT molecular complexity index is 962. The maximum Gasteiger partial charge on any atom is 0.238 e. The molecular weight excluding hydrogens is 376 g/mol. The van der Waals surface area contributed by atoms with E-state index >= 15 is 0 Å². The van der Waals surface area contributed by atoms with Crippen molar-refractivity contribution in [1.29, 1.82) is 0 Å². The maximum absolute atomic E-state index is 12.8. The van der Waals surface area contributed by atoms with E-state index in [4.69, 9.17) is 0 Å². The highest BCUT2D eigenvalue weighted by Crippen LogP contribution is 2.39. The first-order valence-corrected chi connectivity index (χ1v) is 10.6. The SMILES string of the molecule is CC(=O)c1ccccc1NC(=O)CN1CCc2sccc2[C@@H]1c1cccs1. The molecule has 0 saturated heterocycles. The van der Waals surface area contributed by atoms with Crippen LogP contribution in [-0.2, 0) is 11.2 Å². The zero-order valence-corrected chi connectivity index (χ0v) is 16.6. The standard InChI is InChI=1S/C21H20N2O2S2/c1-14(24)15-5-2-3-6-17(15)22-20(25)13-23-10-8-18-16(9-12-27-18)21(23)19-7-4-11-26-19/h2-7,9,11-12,21H,8,10,13H2,1H3,(H,22,25)/t21-/m1/s1. The summed E-state index contributed by atoms with van der Waals surface area (Å²) in [7, 11) is 0. The largest absolute Gasteiger partial charge is 0.324 e. The number of amides is 1. The molecule has 0 bridgehead atoms. The lowest BCUT2D eigenvalue weighted by Crippen LogP contribution is -2.40. The van der Waals surface area contributed by atoms with Crippen molar-refractivity contribution in [3.8, 4) is 0 Å². The minimum absolute atomic E-state index is 0.0525. The van der Waals surface area contributed by atoms with Gasteiger partial charge in [0.1, 0.15) is 0 Å². The van der Waals surface area contributed by atoms with Crippen LogP contribution < -0.4 is 5.32 Å². The highest BCUT2D eigenvalue weighted by molar-refractivity contribution is 7.10. The van der Waals surface area contributed by atoms with Gasteiger partial charge >= 0.3 is 0 Å². The molecule has 138 valence electrons. The lowest BCUT2D eigenvalue weighted by Gasteiger charge is -2.34. The van der Waals surface area contributed by atoms with Gasteiger partial charge in [-0.15, -0.1) is 22.7 Å². The van der Waals surface area contributed by atoms with Gasteiger partial charge in [-0.1, -0.05) is 18.2 Å². The third kappa shape index (κ3) is 3.74. The first-order valence-electron chi connectivity index (χ1n) is 8.87. The zero-order chi connectivity index (χ0) is 18.8. The molecule has 1 aliphatic heterocycles. The molecule has 27 heavy (non-hydrogen) atoms. The number of benzene rings is 1. The van der Waals surface area contributed by atoms with Crippen molar-refractivity contribution in [1.82, 2.24) is 4.90 Å². The van der Waals surface area contributed by atoms with Crippen LogP contribution in [0.2, 0.25) is 0 Å². The maximum atomic E-state index is 12.8. The van der Waals surface area contributed by atoms with Crippen molar-refractivity contribution in [2.24, 2.45) is 0 Å². The second kappa shape index (κ2) is 7.76. The summed E-state index contributed by atoms with van der Waals surface area (Å²) in [5.74, 6) is -0.146. The Morgan fingerprint density at radius 3 is 2.74 bits per heavy atom. The van der Waals surface area contributed by atoms with E-state index in [1.807, 2.05) is 12.1 Å². The first-order chi connectivity index (χ1) is 13.1. The molecule has 0 fully saturated rings. The molecule has 1 N–H and O–H groups in total. The van der Waals surface area contributed by atoms with E-state index in [1.165, 1.54) is 22.2 Å². The predicted molar refractivity (Wildman–Crippen MR) is 111 cm³/mol. The molecule has 2 aromatic heterocycles. The van der Waals surface area contributed by atoms with Crippen LogP contribution in [0.1, 0.15) is 38.6 Å². The van der Waals surface area contributed by atoms with Gasteiger partial charge in [0.15, 0.2) is 5.78 Å². The lowest BCUT2D eigenvalue weighted by atomic mass is 9.98. The zero-order valence-electron chi connectivity index (χ0n) is 15.0. The minimum Gasteiger partial charge on any atom is -0.324 e. The number of hydrogen-bond acceptors (Lipinski definition) is 5. The van der Waals surface area contributed by atoms with Gasteiger partial charge < -0.3 is 5.32 Å². The third-order valence-electron chi connectivity index (χ3n) is 4.81. The molecule has 1 aromatic carbocycles. The number of nitrogens with one attached hydrogen (secondary N) is 1. The number of carbonyl (C=O) groups is 2. The Hall–Kier alpha value is -2.28. The summed E-state index contributed by atoms with van der Waals surface area (Å²) in [6, 6.07) is 13.6. The van der Waals surface area contributed by atoms with Gasteiger partial charge in [0, 0.05) is 21.9 Å². The van der Waals surface area contributed by atoms with Gasteiger partial charge in [-0.05, 0) is 53.9 Å². The number of anilines is 1. The Morgan fingerprint density at radius 1 is 1.11 bits per heavy atom. The number of fused-ring (bicyclic) bond motifs is 1. The summed E-state index contributed by atoms with van der Waals surface area (Å²) in [5.41, 5.74) is 2.43. The second-order valence-electron chi connectivity index (χ2n) is 6.59. The number of rotatable bonds is 5. The number of Topliss-reactive ketones (excluding diaryl/α,β-unsaturated/α-hetero) is 1. The Morgan fingerprint density at radius 2 is 1.96 bits per heavy atom. The third-order valence-corrected chi connectivity index (χ3v) is 6.73. The van der Waals surface area contributed by atoms with Crippen LogP contribution in [0.25, 0.3) is 0 Å². The van der Waals surface area contributed by atoms with Crippen molar-refractivity contribution >= 4 is 40.1 Å². The lowest BCUT2D eigenvalue weighted by molar-refractivity contribution is -0.117. The van der Waals surface area contributed by atoms with E-state index in [1.54, 1.807) is 34.8 Å². The smallest absolute Gasteiger partial charge is 0.238 e. The molecule has 1 atom stereocenters. The van der Waals surface area contributed by atoms with Crippen molar-refractivity contribution in [3.05, 3.63) is 74.1 Å². The summed E-state index contributed by atoms with van der Waals surface area (Å²) in [5, 5.41) is 7.14. The number of para-hydroxylation sites is 1. The molecule has 3 heterocycles. The van der Waals surface area contributed by atoms with Crippen LogP contribution in [0.3, 0.4) is 0 Å². The van der Waals surface area contributed by atoms with E-state index in [-0.39, 0.29) is 17.7 Å². The number of hydrogen-bond donors (Lipinski definition) is 1. The van der Waals surface area contributed by atoms with E-state index in [9.17, 15) is 9.59 Å². The highest BCUT2D eigenvalue weighted by Gasteiger charge is 2.31. The molecule has 0 unspecified atom stereocenters. The quantitative estimate of drug-likeness (QED) is 0.641. The normalized spacial score (nSPS) is 16.7. The van der Waals surface area contributed by atoms with Crippen LogP contribution in [0.4, 0.5) is 5.69 Å². The minimum atomic E-state index is -0.0936. The van der Waals surface area contributed by atoms with E-state index in [0.717, 1.165) is 13.0 Å². The fraction of sp³-hybridized carbons (Fsp3) is 0.238. The molecule has 4 rings (SSSR count). The van der Waals surface area contributed by atoms with E-state index < -0.39 is 0 Å². The highest BCUT2D eigenvalue weighted by atomic mass is 32.1. The first kappa shape index (κ1) is 18.1. The Labute approximate surface area is 166 Å². The van der Waals surface area contributed by atoms with Crippen molar-refractivity contribution in [2.75, 3.05) is 18.4 Å². The molecule has 0 spiro atoms. The Kier molecular flexibility index (Phi) is 5.20. The molecule has 4 nitrogen and oxygen atoms in total. The average molecular weight is 397 g/mol. The monoisotopic (exact) mass is 396 g/mol. The van der Waals surface area contributed by atoms with Crippen LogP contribution in [-0.4, -0.2) is 29.7 Å². The van der Waals surface area contributed by atoms with Gasteiger partial charge in [-0.3, -0.25) is 14.5 Å². The van der Waals surface area contributed by atoms with Crippen molar-refractivity contribution in [2.45, 2.75) is 19.4 Å². The molecule has 6 heteroatoms. The fourth-order valence-corrected chi connectivity index (χ4v) is 5.37. The molecule has 0 aliphatic carbocycles. The number of thiophene rings is 2. The van der Waals surface area contributed by atoms with Crippen molar-refractivity contribution < 1.29 is 9.59 Å². The van der Waals surface area contributed by atoms with Crippen LogP contribution in [0.5, 0.6) is 0 Å². The van der Waals surface area contributed by atoms with Gasteiger partial charge in [0.2, 0.25) is 5.91 Å². The summed E-state index contributed by atoms with van der Waals surface area (Å²) in [6.07, 6.45) is 0.964. The predicted octanol–water partition coefficient (Wildman–Crippen LogP) is 4.60. The molecule has 1 amide bonds. The van der Waals surface area contributed by atoms with Crippen LogP contribution >= 0.6 is 22.7 Å². The van der Waals surface area contributed by atoms with Gasteiger partial charge in [-0.25, -0.2) is 0 Å². The van der Waals surface area contributed by atoms with Crippen molar-refractivity contribution in [3.63, 3.8) is 0 Å². The number of nitrogens with zero attached hydrogens (tertiary/aromatic N) is 1. The summed E-state index contributed by atoms with van der Waals surface area (Å²) in [6.45, 7) is 2.66. The van der Waals surface area contributed by atoms with E-state index in [2.05, 4.69) is 39.2 Å². The number of carbonyl (C=O) groups excluding carboxylic acids is 2. The number of ketones is 1. The van der Waals surface area contributed by atoms with Gasteiger partial charge in [0.25, 0.3) is 0 Å². The van der Waals surface area contributed by atoms with Crippen LogP contribution in [0.15, 0.2) is 53.2 Å². The van der Waals surface area contributed by atoms with Gasteiger partial charge in [-0.2, -0.15) is 0 Å². The van der Waals surface area contributed by atoms with Crippen LogP contribution in [0, 0.1) is 0 Å². The second-order valence-corrected chi connectivity index (χ2v) is 8.57. The molecule has 0 radical (unpaired) electrons. The molecule has 1 aliphatic rings. The van der Waals surface area contributed by atoms with Gasteiger partial charge in [0.05, 0.1) is 18.3 Å². The average Bonchev–Trinajstić information content (AvgIpc) is 3.33.